The first kappa shape index (κ1) is 13.2. The molecule has 1 heterocycles. The summed E-state index contributed by atoms with van der Waals surface area (Å²) in [7, 11) is 0. The summed E-state index contributed by atoms with van der Waals surface area (Å²) in [6.45, 7) is 7.99. The minimum Gasteiger partial charge on any atom is -0.394 e. The lowest BCUT2D eigenvalue weighted by molar-refractivity contribution is 0.269. The molecular formula is C12H23N3O. The molecule has 4 nitrogen and oxygen atoms in total. The van der Waals surface area contributed by atoms with E-state index in [0.717, 1.165) is 12.2 Å². The molecule has 0 fully saturated rings. The van der Waals surface area contributed by atoms with Gasteiger partial charge in [0.15, 0.2) is 0 Å². The summed E-state index contributed by atoms with van der Waals surface area (Å²) in [5.74, 6) is 0. The van der Waals surface area contributed by atoms with E-state index in [1.165, 1.54) is 18.4 Å². The quantitative estimate of drug-likeness (QED) is 0.738. The fourth-order valence-corrected chi connectivity index (χ4v) is 1.77. The molecule has 1 rings (SSSR count). The van der Waals surface area contributed by atoms with Gasteiger partial charge in [-0.1, -0.05) is 13.3 Å². The van der Waals surface area contributed by atoms with Crippen molar-refractivity contribution >= 4 is 0 Å². The summed E-state index contributed by atoms with van der Waals surface area (Å²) in [5.41, 5.74) is 2.26. The fraction of sp³-hybridized carbons (Fsp3) is 0.750. The van der Waals surface area contributed by atoms with Gasteiger partial charge in [-0.05, 0) is 20.3 Å². The molecule has 1 atom stereocenters. The summed E-state index contributed by atoms with van der Waals surface area (Å²) in [6.07, 6.45) is 4.41. The largest absolute Gasteiger partial charge is 0.394 e. The van der Waals surface area contributed by atoms with E-state index in [0.29, 0.717) is 12.6 Å². The Bertz CT molecular complexity index is 309. The zero-order valence-electron chi connectivity index (χ0n) is 10.5. The van der Waals surface area contributed by atoms with E-state index in [1.54, 1.807) is 4.68 Å². The van der Waals surface area contributed by atoms with E-state index in [4.69, 9.17) is 5.11 Å². The molecule has 4 heteroatoms. The summed E-state index contributed by atoms with van der Waals surface area (Å²) in [5, 5.41) is 16.7. The number of nitrogens with zero attached hydrogens (tertiary/aromatic N) is 2. The van der Waals surface area contributed by atoms with E-state index in [-0.39, 0.29) is 6.61 Å². The van der Waals surface area contributed by atoms with Crippen molar-refractivity contribution < 1.29 is 5.11 Å². The van der Waals surface area contributed by atoms with Gasteiger partial charge in [-0.3, -0.25) is 4.68 Å². The molecule has 0 aliphatic heterocycles. The molecule has 1 aromatic heterocycles. The second-order valence-corrected chi connectivity index (χ2v) is 4.30. The van der Waals surface area contributed by atoms with Crippen LogP contribution in [0.5, 0.6) is 0 Å². The number of nitrogens with one attached hydrogen (secondary N) is 1. The minimum atomic E-state index is 0.139. The van der Waals surface area contributed by atoms with Gasteiger partial charge < -0.3 is 10.4 Å². The van der Waals surface area contributed by atoms with Crippen LogP contribution in [0.2, 0.25) is 0 Å². The van der Waals surface area contributed by atoms with Gasteiger partial charge in [-0.25, -0.2) is 0 Å². The van der Waals surface area contributed by atoms with Crippen LogP contribution in [0, 0.1) is 6.92 Å². The summed E-state index contributed by atoms with van der Waals surface area (Å²) in [4.78, 5) is 0. The molecule has 0 saturated heterocycles. The van der Waals surface area contributed by atoms with E-state index >= 15 is 0 Å². The van der Waals surface area contributed by atoms with Crippen molar-refractivity contribution in [2.45, 2.75) is 52.7 Å². The zero-order chi connectivity index (χ0) is 12.0. The predicted octanol–water partition coefficient (Wildman–Crippen LogP) is 1.46. The summed E-state index contributed by atoms with van der Waals surface area (Å²) in [6, 6.07) is 0.547. The Hall–Kier alpha value is -0.870. The smallest absolute Gasteiger partial charge is 0.0641 e. The summed E-state index contributed by atoms with van der Waals surface area (Å²) < 4.78 is 1.80. The SMILES string of the molecule is CCCC(C)NCc1cn(CCO)nc1C. The van der Waals surface area contributed by atoms with Crippen molar-refractivity contribution in [3.8, 4) is 0 Å². The number of aliphatic hydroxyl groups excluding tert-OH is 1. The highest BCUT2D eigenvalue weighted by atomic mass is 16.3. The van der Waals surface area contributed by atoms with Crippen LogP contribution in [0.4, 0.5) is 0 Å². The van der Waals surface area contributed by atoms with Gasteiger partial charge in [0.05, 0.1) is 18.8 Å². The van der Waals surface area contributed by atoms with Gasteiger partial charge in [0.2, 0.25) is 0 Å². The van der Waals surface area contributed by atoms with Crippen LogP contribution >= 0.6 is 0 Å². The third kappa shape index (κ3) is 3.94. The highest BCUT2D eigenvalue weighted by molar-refractivity contribution is 5.15. The van der Waals surface area contributed by atoms with Crippen molar-refractivity contribution in [1.82, 2.24) is 15.1 Å². The lowest BCUT2D eigenvalue weighted by Gasteiger charge is -2.11. The fourth-order valence-electron chi connectivity index (χ4n) is 1.77. The molecule has 0 saturated carbocycles. The Morgan fingerprint density at radius 3 is 2.94 bits per heavy atom. The molecule has 0 amide bonds. The van der Waals surface area contributed by atoms with Crippen LogP contribution in [-0.4, -0.2) is 27.5 Å². The molecule has 1 aromatic rings. The Labute approximate surface area is 97.7 Å². The van der Waals surface area contributed by atoms with Gasteiger partial charge in [-0.15, -0.1) is 0 Å². The number of hydrogen-bond donors (Lipinski definition) is 2. The third-order valence-electron chi connectivity index (χ3n) is 2.74. The molecule has 0 aliphatic carbocycles. The number of hydrogen-bond acceptors (Lipinski definition) is 3. The predicted molar refractivity (Wildman–Crippen MR) is 65.3 cm³/mol. The number of aliphatic hydroxyl groups is 1. The third-order valence-corrected chi connectivity index (χ3v) is 2.74. The van der Waals surface area contributed by atoms with E-state index in [1.807, 2.05) is 13.1 Å². The second kappa shape index (κ2) is 6.66. The van der Waals surface area contributed by atoms with Gasteiger partial charge >= 0.3 is 0 Å². The Morgan fingerprint density at radius 1 is 1.56 bits per heavy atom. The van der Waals surface area contributed by atoms with Crippen LogP contribution in [0.25, 0.3) is 0 Å². The van der Waals surface area contributed by atoms with Crippen LogP contribution in [0.15, 0.2) is 6.20 Å². The Balaban J connectivity index is 2.46. The second-order valence-electron chi connectivity index (χ2n) is 4.30. The molecule has 0 bridgehead atoms. The number of rotatable bonds is 7. The highest BCUT2D eigenvalue weighted by Crippen LogP contribution is 2.06. The molecule has 0 aromatic carbocycles. The maximum atomic E-state index is 8.83. The lowest BCUT2D eigenvalue weighted by Crippen LogP contribution is -2.25. The maximum absolute atomic E-state index is 8.83. The van der Waals surface area contributed by atoms with Crippen molar-refractivity contribution in [3.63, 3.8) is 0 Å². The Kier molecular flexibility index (Phi) is 5.49. The lowest BCUT2D eigenvalue weighted by atomic mass is 10.2. The van der Waals surface area contributed by atoms with Crippen LogP contribution in [0.3, 0.4) is 0 Å². The first-order valence-electron chi connectivity index (χ1n) is 6.04. The van der Waals surface area contributed by atoms with Gasteiger partial charge in [0.1, 0.15) is 0 Å². The van der Waals surface area contributed by atoms with Crippen molar-refractivity contribution in [1.29, 1.82) is 0 Å². The van der Waals surface area contributed by atoms with Gasteiger partial charge in [0.25, 0.3) is 0 Å². The Morgan fingerprint density at radius 2 is 2.31 bits per heavy atom. The molecular weight excluding hydrogens is 202 g/mol. The van der Waals surface area contributed by atoms with Crippen LogP contribution in [0.1, 0.15) is 37.9 Å². The molecule has 92 valence electrons. The molecule has 16 heavy (non-hydrogen) atoms. The number of aromatic nitrogens is 2. The first-order chi connectivity index (χ1) is 7.67. The zero-order valence-corrected chi connectivity index (χ0v) is 10.5. The summed E-state index contributed by atoms with van der Waals surface area (Å²) >= 11 is 0. The minimum absolute atomic E-state index is 0.139. The average molecular weight is 225 g/mol. The molecule has 0 aliphatic rings. The highest BCUT2D eigenvalue weighted by Gasteiger charge is 2.06. The molecule has 0 spiro atoms. The normalized spacial score (nSPS) is 13.0. The van der Waals surface area contributed by atoms with Gasteiger partial charge in [0, 0.05) is 24.3 Å². The standard InChI is InChI=1S/C12H23N3O/c1-4-5-10(2)13-8-12-9-15(6-7-16)14-11(12)3/h9-10,13,16H,4-8H2,1-3H3. The van der Waals surface area contributed by atoms with Gasteiger partial charge in [-0.2, -0.15) is 5.10 Å². The van der Waals surface area contributed by atoms with Crippen molar-refractivity contribution in [2.24, 2.45) is 0 Å². The van der Waals surface area contributed by atoms with Crippen molar-refractivity contribution in [2.75, 3.05) is 6.61 Å². The topological polar surface area (TPSA) is 50.1 Å². The van der Waals surface area contributed by atoms with Crippen LogP contribution in [-0.2, 0) is 13.1 Å². The monoisotopic (exact) mass is 225 g/mol. The maximum Gasteiger partial charge on any atom is 0.0641 e. The van der Waals surface area contributed by atoms with E-state index < -0.39 is 0 Å². The molecule has 2 N–H and O–H groups in total. The van der Waals surface area contributed by atoms with E-state index in [9.17, 15) is 0 Å². The van der Waals surface area contributed by atoms with E-state index in [2.05, 4.69) is 24.3 Å². The van der Waals surface area contributed by atoms with Crippen molar-refractivity contribution in [3.05, 3.63) is 17.5 Å². The first-order valence-corrected chi connectivity index (χ1v) is 6.04. The molecule has 0 radical (unpaired) electrons. The average Bonchev–Trinajstić information content (AvgIpc) is 2.57. The van der Waals surface area contributed by atoms with Crippen LogP contribution < -0.4 is 5.32 Å². The molecule has 1 unspecified atom stereocenters. The number of aryl methyl sites for hydroxylation is 1.